The maximum absolute atomic E-state index is 8.76. The van der Waals surface area contributed by atoms with E-state index in [1.807, 2.05) is 20.8 Å². The number of rotatable bonds is 1. The third-order valence-electron chi connectivity index (χ3n) is 1.35. The summed E-state index contributed by atoms with van der Waals surface area (Å²) in [6.45, 7) is 5.91. The van der Waals surface area contributed by atoms with Crippen molar-refractivity contribution < 1.29 is 5.11 Å². The van der Waals surface area contributed by atoms with Crippen molar-refractivity contribution in [1.29, 1.82) is 0 Å². The number of nitrogens with zero attached hydrogens (tertiary/aromatic N) is 1. The van der Waals surface area contributed by atoms with Gasteiger partial charge in [0.1, 0.15) is 5.15 Å². The zero-order valence-corrected chi connectivity index (χ0v) is 8.39. The number of pyridine rings is 1. The Labute approximate surface area is 78.2 Å². The number of aromatic nitrogens is 1. The van der Waals surface area contributed by atoms with Gasteiger partial charge in [0.2, 0.25) is 0 Å². The van der Waals surface area contributed by atoms with E-state index in [9.17, 15) is 0 Å². The van der Waals surface area contributed by atoms with E-state index >= 15 is 0 Å². The van der Waals surface area contributed by atoms with Crippen LogP contribution in [0.1, 0.15) is 25.0 Å². The van der Waals surface area contributed by atoms with Crippen LogP contribution in [-0.2, 0) is 6.61 Å². The average molecular weight is 188 g/mol. The number of aryl methyl sites for hydroxylation is 1. The number of aliphatic hydroxyl groups is 1. The van der Waals surface area contributed by atoms with E-state index in [-0.39, 0.29) is 6.61 Å². The van der Waals surface area contributed by atoms with Crippen molar-refractivity contribution in [1.82, 2.24) is 4.98 Å². The lowest BCUT2D eigenvalue weighted by Gasteiger charge is -1.99. The Hall–Kier alpha value is -0.600. The van der Waals surface area contributed by atoms with Crippen molar-refractivity contribution in [3.8, 4) is 0 Å². The van der Waals surface area contributed by atoms with Crippen LogP contribution in [0.15, 0.2) is 12.3 Å². The van der Waals surface area contributed by atoms with Crippen molar-refractivity contribution >= 4 is 11.6 Å². The first kappa shape index (κ1) is 11.4. The summed E-state index contributed by atoms with van der Waals surface area (Å²) in [7, 11) is 0. The van der Waals surface area contributed by atoms with Crippen LogP contribution >= 0.6 is 11.6 Å². The van der Waals surface area contributed by atoms with E-state index in [1.165, 1.54) is 0 Å². The maximum atomic E-state index is 8.76. The number of halogens is 1. The lowest BCUT2D eigenvalue weighted by atomic mass is 10.2. The molecule has 0 aliphatic heterocycles. The molecule has 1 N–H and O–H groups in total. The molecule has 3 heteroatoms. The molecule has 0 amide bonds. The first-order chi connectivity index (χ1) is 5.74. The minimum absolute atomic E-state index is 0.0219. The highest BCUT2D eigenvalue weighted by atomic mass is 35.5. The van der Waals surface area contributed by atoms with Gasteiger partial charge >= 0.3 is 0 Å². The van der Waals surface area contributed by atoms with Crippen LogP contribution in [0.25, 0.3) is 0 Å². The molecule has 0 atom stereocenters. The van der Waals surface area contributed by atoms with Gasteiger partial charge in [-0.15, -0.1) is 0 Å². The molecule has 0 fully saturated rings. The van der Waals surface area contributed by atoms with E-state index in [4.69, 9.17) is 16.7 Å². The average Bonchev–Trinajstić information content (AvgIpc) is 2.13. The van der Waals surface area contributed by atoms with Crippen molar-refractivity contribution in [3.63, 3.8) is 0 Å². The minimum Gasteiger partial charge on any atom is -0.392 e. The lowest BCUT2D eigenvalue weighted by molar-refractivity contribution is 0.281. The van der Waals surface area contributed by atoms with Gasteiger partial charge in [0.15, 0.2) is 0 Å². The van der Waals surface area contributed by atoms with Crippen LogP contribution in [-0.4, -0.2) is 10.1 Å². The monoisotopic (exact) mass is 187 g/mol. The van der Waals surface area contributed by atoms with Crippen LogP contribution in [0.2, 0.25) is 5.15 Å². The molecule has 1 rings (SSSR count). The largest absolute Gasteiger partial charge is 0.392 e. The third kappa shape index (κ3) is 3.20. The van der Waals surface area contributed by atoms with E-state index in [0.29, 0.717) is 5.15 Å². The summed E-state index contributed by atoms with van der Waals surface area (Å²) in [6.07, 6.45) is 1.65. The van der Waals surface area contributed by atoms with Gasteiger partial charge in [0.25, 0.3) is 0 Å². The minimum atomic E-state index is 0.0219. The molecule has 0 saturated carbocycles. The molecule has 1 aromatic rings. The zero-order valence-electron chi connectivity index (χ0n) is 7.63. The fraction of sp³-hybridized carbons (Fsp3) is 0.444. The Bertz CT molecular complexity index is 238. The smallest absolute Gasteiger partial charge is 0.129 e. The van der Waals surface area contributed by atoms with E-state index in [1.54, 1.807) is 12.3 Å². The van der Waals surface area contributed by atoms with Gasteiger partial charge in [0.05, 0.1) is 6.61 Å². The number of hydrogen-bond acceptors (Lipinski definition) is 2. The fourth-order valence-corrected chi connectivity index (χ4v) is 0.887. The zero-order chi connectivity index (χ0) is 9.56. The standard InChI is InChI=1S/C7H8ClNO.C2H6/c1-5-3-9-7(8)2-6(5)4-10;1-2/h2-3,10H,4H2,1H3;1-2H3. The molecule has 1 heterocycles. The highest BCUT2D eigenvalue weighted by molar-refractivity contribution is 6.29. The highest BCUT2D eigenvalue weighted by Gasteiger charge is 1.96. The van der Waals surface area contributed by atoms with Crippen molar-refractivity contribution in [2.45, 2.75) is 27.4 Å². The second kappa shape index (κ2) is 5.98. The van der Waals surface area contributed by atoms with Gasteiger partial charge < -0.3 is 5.11 Å². The van der Waals surface area contributed by atoms with Crippen LogP contribution in [0.3, 0.4) is 0 Å². The summed E-state index contributed by atoms with van der Waals surface area (Å²) in [5, 5.41) is 9.18. The molecule has 12 heavy (non-hydrogen) atoms. The topological polar surface area (TPSA) is 33.1 Å². The van der Waals surface area contributed by atoms with Gasteiger partial charge in [0, 0.05) is 6.20 Å². The van der Waals surface area contributed by atoms with Gasteiger partial charge in [-0.3, -0.25) is 0 Å². The molecule has 0 aliphatic carbocycles. The van der Waals surface area contributed by atoms with Gasteiger partial charge in [-0.1, -0.05) is 25.4 Å². The summed E-state index contributed by atoms with van der Waals surface area (Å²) in [5.41, 5.74) is 1.80. The predicted molar refractivity (Wildman–Crippen MR) is 51.3 cm³/mol. The molecular weight excluding hydrogens is 174 g/mol. The molecule has 0 radical (unpaired) electrons. The Kier molecular flexibility index (Phi) is 5.68. The van der Waals surface area contributed by atoms with Crippen LogP contribution < -0.4 is 0 Å². The lowest BCUT2D eigenvalue weighted by Crippen LogP contribution is -1.89. The van der Waals surface area contributed by atoms with Gasteiger partial charge in [-0.05, 0) is 24.1 Å². The van der Waals surface area contributed by atoms with Gasteiger partial charge in [-0.2, -0.15) is 0 Å². The van der Waals surface area contributed by atoms with Crippen LogP contribution in [0.5, 0.6) is 0 Å². The van der Waals surface area contributed by atoms with Crippen molar-refractivity contribution in [2.75, 3.05) is 0 Å². The Morgan fingerprint density at radius 2 is 2.08 bits per heavy atom. The summed E-state index contributed by atoms with van der Waals surface area (Å²) in [5.74, 6) is 0. The molecule has 68 valence electrons. The normalized spacial score (nSPS) is 8.75. The SMILES string of the molecule is CC.Cc1cnc(Cl)cc1CO. The molecule has 1 aromatic heterocycles. The Morgan fingerprint density at radius 1 is 1.50 bits per heavy atom. The van der Waals surface area contributed by atoms with Crippen LogP contribution in [0.4, 0.5) is 0 Å². The molecule has 0 aliphatic rings. The molecule has 0 spiro atoms. The van der Waals surface area contributed by atoms with Crippen LogP contribution in [0, 0.1) is 6.92 Å². The third-order valence-corrected chi connectivity index (χ3v) is 1.56. The van der Waals surface area contributed by atoms with E-state index in [0.717, 1.165) is 11.1 Å². The molecule has 0 unspecified atom stereocenters. The summed E-state index contributed by atoms with van der Waals surface area (Å²) < 4.78 is 0. The first-order valence-electron chi connectivity index (χ1n) is 3.96. The summed E-state index contributed by atoms with van der Waals surface area (Å²) in [4.78, 5) is 3.84. The summed E-state index contributed by atoms with van der Waals surface area (Å²) >= 11 is 5.57. The molecule has 0 saturated heterocycles. The Balaban J connectivity index is 0.000000561. The van der Waals surface area contributed by atoms with Crippen molar-refractivity contribution in [3.05, 3.63) is 28.5 Å². The highest BCUT2D eigenvalue weighted by Crippen LogP contribution is 2.11. The maximum Gasteiger partial charge on any atom is 0.129 e. The summed E-state index contributed by atoms with van der Waals surface area (Å²) in [6, 6.07) is 1.66. The van der Waals surface area contributed by atoms with E-state index < -0.39 is 0 Å². The van der Waals surface area contributed by atoms with E-state index in [2.05, 4.69) is 4.98 Å². The number of aliphatic hydroxyl groups excluding tert-OH is 1. The van der Waals surface area contributed by atoms with Crippen molar-refractivity contribution in [2.24, 2.45) is 0 Å². The molecule has 2 nitrogen and oxygen atoms in total. The number of hydrogen-bond donors (Lipinski definition) is 1. The second-order valence-corrected chi connectivity index (χ2v) is 2.48. The molecule has 0 bridgehead atoms. The second-order valence-electron chi connectivity index (χ2n) is 2.09. The molecule has 0 aromatic carbocycles. The quantitative estimate of drug-likeness (QED) is 0.686. The first-order valence-corrected chi connectivity index (χ1v) is 4.33. The van der Waals surface area contributed by atoms with Gasteiger partial charge in [-0.25, -0.2) is 4.98 Å². The molecular formula is C9H14ClNO. The Morgan fingerprint density at radius 3 is 2.50 bits per heavy atom. The fourth-order valence-electron chi connectivity index (χ4n) is 0.707. The predicted octanol–water partition coefficient (Wildman–Crippen LogP) is 2.56.